The molecule has 0 aliphatic carbocycles. The van der Waals surface area contributed by atoms with Crippen LogP contribution in [0.15, 0.2) is 88.6 Å². The summed E-state index contributed by atoms with van der Waals surface area (Å²) in [4.78, 5) is 23.9. The number of fused-ring (bicyclic) bond motifs is 1. The molecule has 1 aliphatic rings. The molecule has 5 aromatic rings. The highest BCUT2D eigenvalue weighted by Gasteiger charge is 2.25. The first-order valence-electron chi connectivity index (χ1n) is 13.6. The number of rotatable bonds is 7. The zero-order valence-electron chi connectivity index (χ0n) is 22.7. The number of nitrogens with one attached hydrogen (secondary N) is 1. The van der Waals surface area contributed by atoms with Gasteiger partial charge in [0.1, 0.15) is 5.82 Å². The summed E-state index contributed by atoms with van der Waals surface area (Å²) < 4.78 is 29.5. The molecule has 0 atom stereocenters. The molecule has 3 heterocycles. The topological polar surface area (TPSA) is 93.0 Å². The van der Waals surface area contributed by atoms with Gasteiger partial charge in [0.05, 0.1) is 27.4 Å². The Labute approximate surface area is 233 Å². The number of benzene rings is 3. The van der Waals surface area contributed by atoms with Crippen molar-refractivity contribution >= 4 is 20.9 Å². The molecule has 0 saturated carbocycles. The van der Waals surface area contributed by atoms with Gasteiger partial charge in [-0.1, -0.05) is 42.5 Å². The van der Waals surface area contributed by atoms with Crippen LogP contribution in [0.3, 0.4) is 0 Å². The summed E-state index contributed by atoms with van der Waals surface area (Å²) in [5, 5.41) is 0. The number of aryl methyl sites for hydroxylation is 2. The van der Waals surface area contributed by atoms with Gasteiger partial charge in [-0.15, -0.1) is 0 Å². The first kappa shape index (κ1) is 26.3. The first-order chi connectivity index (χ1) is 19.3. The van der Waals surface area contributed by atoms with Crippen LogP contribution in [0, 0.1) is 6.92 Å². The molecule has 6 rings (SSSR count). The number of aromatic amines is 1. The molecule has 0 unspecified atom stereocenters. The van der Waals surface area contributed by atoms with Crippen molar-refractivity contribution in [3.05, 3.63) is 106 Å². The minimum atomic E-state index is -3.43. The second kappa shape index (κ2) is 10.6. The number of imidazole rings is 2. The molecule has 0 spiro atoms. The van der Waals surface area contributed by atoms with Crippen LogP contribution in [-0.4, -0.2) is 45.5 Å². The fourth-order valence-corrected chi connectivity index (χ4v) is 7.05. The minimum Gasteiger partial charge on any atom is -0.342 e. The fraction of sp³-hybridized carbons (Fsp3) is 0.290. The third-order valence-electron chi connectivity index (χ3n) is 7.96. The van der Waals surface area contributed by atoms with E-state index in [2.05, 4.69) is 9.88 Å². The SMILES string of the molecule is Cc1[nH]c(-c2ccc(S(=O)(=O)Cc3ccccc3)cc2)nc1CN1CCC(n2c(=O)n(C)c3ccccc32)CC1. The lowest BCUT2D eigenvalue weighted by Gasteiger charge is -2.32. The molecule has 1 N–H and O–H groups in total. The zero-order chi connectivity index (χ0) is 27.9. The van der Waals surface area contributed by atoms with Crippen LogP contribution in [-0.2, 0) is 29.2 Å². The van der Waals surface area contributed by atoms with Crippen molar-refractivity contribution in [3.63, 3.8) is 0 Å². The Balaban J connectivity index is 1.12. The van der Waals surface area contributed by atoms with Crippen molar-refractivity contribution in [2.45, 2.75) is 43.0 Å². The predicted molar refractivity (Wildman–Crippen MR) is 157 cm³/mol. The lowest BCUT2D eigenvalue weighted by atomic mass is 10.0. The van der Waals surface area contributed by atoms with Crippen LogP contribution < -0.4 is 5.69 Å². The van der Waals surface area contributed by atoms with Crippen molar-refractivity contribution in [1.29, 1.82) is 0 Å². The first-order valence-corrected chi connectivity index (χ1v) is 15.3. The van der Waals surface area contributed by atoms with E-state index in [9.17, 15) is 13.2 Å². The molecular weight excluding hydrogens is 522 g/mol. The van der Waals surface area contributed by atoms with Crippen molar-refractivity contribution in [3.8, 4) is 11.4 Å². The number of hydrogen-bond donors (Lipinski definition) is 1. The maximum atomic E-state index is 13.0. The summed E-state index contributed by atoms with van der Waals surface area (Å²) >= 11 is 0. The van der Waals surface area contributed by atoms with Gasteiger partial charge in [0.25, 0.3) is 0 Å². The number of piperidine rings is 1. The van der Waals surface area contributed by atoms with Gasteiger partial charge in [0.2, 0.25) is 0 Å². The zero-order valence-corrected chi connectivity index (χ0v) is 23.6. The Morgan fingerprint density at radius 1 is 0.900 bits per heavy atom. The Hall–Kier alpha value is -3.95. The number of H-pyrrole nitrogens is 1. The third kappa shape index (κ3) is 5.02. The van der Waals surface area contributed by atoms with Gasteiger partial charge < -0.3 is 4.98 Å². The summed E-state index contributed by atoms with van der Waals surface area (Å²) in [6, 6.07) is 24.3. The van der Waals surface area contributed by atoms with Crippen LogP contribution in [0.5, 0.6) is 0 Å². The number of likely N-dealkylation sites (tertiary alicyclic amines) is 1. The van der Waals surface area contributed by atoms with E-state index >= 15 is 0 Å². The molecule has 9 heteroatoms. The standard InChI is InChI=1S/C31H33N5O3S/c1-22-27(20-35-18-16-25(17-19-35)36-29-11-7-6-10-28(29)34(2)31(36)37)33-30(32-22)24-12-14-26(15-13-24)40(38,39)21-23-8-4-3-5-9-23/h3-15,25H,16-21H2,1-2H3,(H,32,33). The number of aromatic nitrogens is 4. The van der Waals surface area contributed by atoms with Crippen LogP contribution in [0.2, 0.25) is 0 Å². The Bertz CT molecular complexity index is 1810. The van der Waals surface area contributed by atoms with Crippen LogP contribution in [0.4, 0.5) is 0 Å². The van der Waals surface area contributed by atoms with E-state index in [0.29, 0.717) is 4.90 Å². The van der Waals surface area contributed by atoms with E-state index in [-0.39, 0.29) is 17.5 Å². The number of para-hydroxylation sites is 2. The summed E-state index contributed by atoms with van der Waals surface area (Å²) in [7, 11) is -1.59. The monoisotopic (exact) mass is 555 g/mol. The van der Waals surface area contributed by atoms with Crippen molar-refractivity contribution in [1.82, 2.24) is 24.0 Å². The smallest absolute Gasteiger partial charge is 0.329 e. The molecule has 0 amide bonds. The molecule has 1 saturated heterocycles. The van der Waals surface area contributed by atoms with Crippen molar-refractivity contribution in [2.75, 3.05) is 13.1 Å². The molecule has 8 nitrogen and oxygen atoms in total. The van der Waals surface area contributed by atoms with Gasteiger partial charge in [0.15, 0.2) is 9.84 Å². The van der Waals surface area contributed by atoms with E-state index in [1.807, 2.05) is 85.3 Å². The van der Waals surface area contributed by atoms with Gasteiger partial charge in [0, 0.05) is 44.0 Å². The Morgan fingerprint density at radius 2 is 1.55 bits per heavy atom. The van der Waals surface area contributed by atoms with Gasteiger partial charge in [-0.05, 0) is 61.7 Å². The molecular formula is C31H33N5O3S. The average Bonchev–Trinajstić information content (AvgIpc) is 3.45. The van der Waals surface area contributed by atoms with Gasteiger partial charge in [-0.25, -0.2) is 18.2 Å². The van der Waals surface area contributed by atoms with Gasteiger partial charge in [-0.3, -0.25) is 14.0 Å². The maximum absolute atomic E-state index is 13.0. The molecule has 0 bridgehead atoms. The summed E-state index contributed by atoms with van der Waals surface area (Å²) in [5.74, 6) is 0.708. The lowest BCUT2D eigenvalue weighted by molar-refractivity contribution is 0.177. The predicted octanol–water partition coefficient (Wildman–Crippen LogP) is 4.85. The largest absolute Gasteiger partial charge is 0.342 e. The van der Waals surface area contributed by atoms with E-state index in [1.54, 1.807) is 16.7 Å². The van der Waals surface area contributed by atoms with Crippen LogP contribution >= 0.6 is 0 Å². The molecule has 2 aromatic heterocycles. The number of nitrogens with zero attached hydrogens (tertiary/aromatic N) is 4. The highest BCUT2D eigenvalue weighted by molar-refractivity contribution is 7.90. The van der Waals surface area contributed by atoms with E-state index in [0.717, 1.165) is 71.8 Å². The fourth-order valence-electron chi connectivity index (χ4n) is 5.70. The highest BCUT2D eigenvalue weighted by Crippen LogP contribution is 2.28. The van der Waals surface area contributed by atoms with Gasteiger partial charge >= 0.3 is 5.69 Å². The number of sulfone groups is 1. The molecule has 0 radical (unpaired) electrons. The van der Waals surface area contributed by atoms with Crippen LogP contribution in [0.1, 0.15) is 35.8 Å². The number of hydrogen-bond acceptors (Lipinski definition) is 5. The third-order valence-corrected chi connectivity index (χ3v) is 9.67. The Morgan fingerprint density at radius 3 is 2.25 bits per heavy atom. The Kier molecular flexibility index (Phi) is 6.93. The quantitative estimate of drug-likeness (QED) is 0.310. The normalized spacial score (nSPS) is 15.2. The summed E-state index contributed by atoms with van der Waals surface area (Å²) in [6.45, 7) is 4.52. The molecule has 206 valence electrons. The van der Waals surface area contributed by atoms with Crippen LogP contribution in [0.25, 0.3) is 22.4 Å². The summed E-state index contributed by atoms with van der Waals surface area (Å²) in [6.07, 6.45) is 1.81. The molecule has 1 fully saturated rings. The van der Waals surface area contributed by atoms with E-state index < -0.39 is 9.84 Å². The maximum Gasteiger partial charge on any atom is 0.329 e. The molecule has 40 heavy (non-hydrogen) atoms. The highest BCUT2D eigenvalue weighted by atomic mass is 32.2. The molecule has 3 aromatic carbocycles. The second-order valence-corrected chi connectivity index (χ2v) is 12.6. The van der Waals surface area contributed by atoms with E-state index in [4.69, 9.17) is 4.98 Å². The lowest BCUT2D eigenvalue weighted by Crippen LogP contribution is -2.37. The minimum absolute atomic E-state index is 0.0248. The van der Waals surface area contributed by atoms with E-state index in [1.165, 1.54) is 0 Å². The molecule has 1 aliphatic heterocycles. The van der Waals surface area contributed by atoms with Crippen molar-refractivity contribution < 1.29 is 8.42 Å². The summed E-state index contributed by atoms with van der Waals surface area (Å²) in [5.41, 5.74) is 5.62. The average molecular weight is 556 g/mol. The van der Waals surface area contributed by atoms with Gasteiger partial charge in [-0.2, -0.15) is 0 Å². The second-order valence-electron chi connectivity index (χ2n) is 10.6. The van der Waals surface area contributed by atoms with Crippen molar-refractivity contribution in [2.24, 2.45) is 7.05 Å².